The maximum absolute atomic E-state index is 12.5. The molecule has 0 aromatic heterocycles. The van der Waals surface area contributed by atoms with E-state index in [1.165, 1.54) is 82.8 Å². The Balaban J connectivity index is 2.14. The van der Waals surface area contributed by atoms with Crippen LogP contribution in [0.15, 0.2) is 12.1 Å². The second-order valence-corrected chi connectivity index (χ2v) is 8.12. The molecule has 0 saturated carbocycles. The minimum atomic E-state index is -0.0417. The highest BCUT2D eigenvalue weighted by Crippen LogP contribution is 2.31. The number of unbranched alkanes of at least 4 members (excludes halogenated alkanes) is 12. The zero-order chi connectivity index (χ0) is 20.6. The normalized spacial score (nSPS) is 11.1. The first-order valence-corrected chi connectivity index (χ1v) is 11.7. The maximum atomic E-state index is 12.5. The van der Waals surface area contributed by atoms with Crippen LogP contribution >= 0.6 is 0 Å². The molecule has 28 heavy (non-hydrogen) atoms. The molecule has 1 aromatic rings. The molecule has 0 radical (unpaired) electrons. The Morgan fingerprint density at radius 3 is 1.64 bits per heavy atom. The van der Waals surface area contributed by atoms with Crippen LogP contribution in [0.25, 0.3) is 0 Å². The Hall–Kier alpha value is -1.51. The lowest BCUT2D eigenvalue weighted by atomic mass is 9.95. The van der Waals surface area contributed by atoms with Gasteiger partial charge in [-0.15, -0.1) is 0 Å². The Morgan fingerprint density at radius 2 is 1.14 bits per heavy atom. The van der Waals surface area contributed by atoms with Gasteiger partial charge in [0.25, 0.3) is 0 Å². The Labute approximate surface area is 172 Å². The molecule has 0 spiro atoms. The molecule has 1 rings (SSSR count). The third kappa shape index (κ3) is 9.61. The van der Waals surface area contributed by atoms with Crippen LogP contribution in [0.4, 0.5) is 0 Å². The van der Waals surface area contributed by atoms with Gasteiger partial charge in [0.05, 0.1) is 5.56 Å². The molecule has 1 aromatic carbocycles. The molecule has 2 N–H and O–H groups in total. The van der Waals surface area contributed by atoms with Crippen LogP contribution in [0.3, 0.4) is 0 Å². The molecule has 0 aliphatic heterocycles. The van der Waals surface area contributed by atoms with Crippen molar-refractivity contribution in [1.82, 2.24) is 0 Å². The van der Waals surface area contributed by atoms with E-state index >= 15 is 0 Å². The first-order valence-electron chi connectivity index (χ1n) is 11.7. The average Bonchev–Trinajstić information content (AvgIpc) is 2.68. The van der Waals surface area contributed by atoms with E-state index < -0.39 is 0 Å². The largest absolute Gasteiger partial charge is 0.508 e. The summed E-state index contributed by atoms with van der Waals surface area (Å²) in [6.45, 7) is 4.26. The fraction of sp³-hybridized carbons (Fsp3) is 0.720. The lowest BCUT2D eigenvalue weighted by Gasteiger charge is -2.12. The second-order valence-electron chi connectivity index (χ2n) is 8.12. The van der Waals surface area contributed by atoms with E-state index in [4.69, 9.17) is 0 Å². The van der Waals surface area contributed by atoms with Crippen LogP contribution in [0.1, 0.15) is 126 Å². The lowest BCUT2D eigenvalue weighted by Crippen LogP contribution is -2.05. The first-order chi connectivity index (χ1) is 13.6. The molecule has 0 bridgehead atoms. The van der Waals surface area contributed by atoms with Gasteiger partial charge >= 0.3 is 0 Å². The third-order valence-corrected chi connectivity index (χ3v) is 5.55. The van der Waals surface area contributed by atoms with Crippen molar-refractivity contribution in [3.8, 4) is 11.5 Å². The van der Waals surface area contributed by atoms with Crippen molar-refractivity contribution in [3.63, 3.8) is 0 Å². The molecular weight excluding hydrogens is 348 g/mol. The molecule has 0 fully saturated rings. The molecule has 160 valence electrons. The van der Waals surface area contributed by atoms with E-state index in [1.54, 1.807) is 0 Å². The van der Waals surface area contributed by atoms with Crippen LogP contribution in [0.2, 0.25) is 0 Å². The second kappa shape index (κ2) is 15.4. The van der Waals surface area contributed by atoms with E-state index in [0.29, 0.717) is 24.0 Å². The highest BCUT2D eigenvalue weighted by molar-refractivity contribution is 6.00. The summed E-state index contributed by atoms with van der Waals surface area (Å²) in [7, 11) is 0. The minimum absolute atomic E-state index is 0.000874. The van der Waals surface area contributed by atoms with Gasteiger partial charge in [-0.3, -0.25) is 4.79 Å². The molecule has 0 saturated heterocycles. The maximum Gasteiger partial charge on any atom is 0.167 e. The highest BCUT2D eigenvalue weighted by atomic mass is 16.3. The number of hydrogen-bond donors (Lipinski definition) is 2. The number of benzene rings is 1. The molecule has 3 nitrogen and oxygen atoms in total. The van der Waals surface area contributed by atoms with Crippen molar-refractivity contribution in [2.24, 2.45) is 0 Å². The molecule has 0 heterocycles. The number of carbonyl (C=O) groups excluding carboxylic acids is 1. The van der Waals surface area contributed by atoms with Gasteiger partial charge in [-0.1, -0.05) is 97.3 Å². The highest BCUT2D eigenvalue weighted by Gasteiger charge is 2.18. The molecule has 3 heteroatoms. The van der Waals surface area contributed by atoms with Gasteiger partial charge in [0, 0.05) is 12.0 Å². The SMILES string of the molecule is CCCCCCCCCCCCCCCC(=O)c1c(O)ccc(O)c1CCC. The summed E-state index contributed by atoms with van der Waals surface area (Å²) >= 11 is 0. The summed E-state index contributed by atoms with van der Waals surface area (Å²) in [6.07, 6.45) is 18.5. The number of Topliss-reactive ketones (excluding diaryl/α,β-unsaturated/α-hetero) is 1. The first kappa shape index (κ1) is 24.5. The van der Waals surface area contributed by atoms with E-state index in [1.807, 2.05) is 6.92 Å². The molecule has 0 aliphatic rings. The predicted molar refractivity (Wildman–Crippen MR) is 118 cm³/mol. The number of aromatic hydroxyl groups is 2. The predicted octanol–water partition coefficient (Wildman–Crippen LogP) is 7.71. The number of hydrogen-bond acceptors (Lipinski definition) is 3. The fourth-order valence-electron chi connectivity index (χ4n) is 3.87. The van der Waals surface area contributed by atoms with Crippen LogP contribution in [0, 0.1) is 0 Å². The molecular formula is C25H42O3. The number of phenols is 2. The standard InChI is InChI=1S/C25H42O3/c1-3-5-6-7-8-9-10-11-12-13-14-15-16-18-23(27)25-21(17-4-2)22(26)19-20-24(25)28/h19-20,26,28H,3-18H2,1-2H3. The monoisotopic (exact) mass is 390 g/mol. The topological polar surface area (TPSA) is 57.5 Å². The summed E-state index contributed by atoms with van der Waals surface area (Å²) in [5.74, 6) is 0.0780. The zero-order valence-corrected chi connectivity index (χ0v) is 18.3. The third-order valence-electron chi connectivity index (χ3n) is 5.55. The van der Waals surface area contributed by atoms with E-state index in [2.05, 4.69) is 6.92 Å². The number of phenolic OH excluding ortho intramolecular Hbond substituents is 2. The van der Waals surface area contributed by atoms with E-state index in [0.717, 1.165) is 19.3 Å². The van der Waals surface area contributed by atoms with Gasteiger partial charge in [-0.25, -0.2) is 0 Å². The van der Waals surface area contributed by atoms with Crippen LogP contribution in [-0.2, 0) is 6.42 Å². The van der Waals surface area contributed by atoms with Gasteiger partial charge in [0.2, 0.25) is 0 Å². The summed E-state index contributed by atoms with van der Waals surface area (Å²) in [6, 6.07) is 2.90. The summed E-state index contributed by atoms with van der Waals surface area (Å²) in [4.78, 5) is 12.5. The van der Waals surface area contributed by atoms with E-state index in [-0.39, 0.29) is 17.3 Å². The number of rotatable bonds is 17. The van der Waals surface area contributed by atoms with Crippen molar-refractivity contribution in [2.45, 2.75) is 117 Å². The van der Waals surface area contributed by atoms with Crippen molar-refractivity contribution in [2.75, 3.05) is 0 Å². The quantitative estimate of drug-likeness (QED) is 0.163. The number of ketones is 1. The van der Waals surface area contributed by atoms with Crippen LogP contribution in [0.5, 0.6) is 11.5 Å². The lowest BCUT2D eigenvalue weighted by molar-refractivity contribution is 0.0975. The number of carbonyl (C=O) groups is 1. The molecule has 0 unspecified atom stereocenters. The Morgan fingerprint density at radius 1 is 0.679 bits per heavy atom. The smallest absolute Gasteiger partial charge is 0.167 e. The fourth-order valence-corrected chi connectivity index (χ4v) is 3.87. The van der Waals surface area contributed by atoms with Gasteiger partial charge in [-0.05, 0) is 25.0 Å². The zero-order valence-electron chi connectivity index (χ0n) is 18.3. The van der Waals surface area contributed by atoms with Crippen LogP contribution < -0.4 is 0 Å². The Bertz CT molecular complexity index is 551. The van der Waals surface area contributed by atoms with E-state index in [9.17, 15) is 15.0 Å². The Kier molecular flexibility index (Phi) is 13.5. The van der Waals surface area contributed by atoms with Gasteiger partial charge in [-0.2, -0.15) is 0 Å². The van der Waals surface area contributed by atoms with Gasteiger partial charge in [0.15, 0.2) is 5.78 Å². The van der Waals surface area contributed by atoms with Crippen molar-refractivity contribution in [1.29, 1.82) is 0 Å². The summed E-state index contributed by atoms with van der Waals surface area (Å²) < 4.78 is 0. The summed E-state index contributed by atoms with van der Waals surface area (Å²) in [5, 5.41) is 20.1. The van der Waals surface area contributed by atoms with Gasteiger partial charge < -0.3 is 10.2 Å². The van der Waals surface area contributed by atoms with Crippen molar-refractivity contribution in [3.05, 3.63) is 23.3 Å². The summed E-state index contributed by atoms with van der Waals surface area (Å²) in [5.41, 5.74) is 0.933. The van der Waals surface area contributed by atoms with Crippen molar-refractivity contribution >= 4 is 5.78 Å². The minimum Gasteiger partial charge on any atom is -0.508 e. The molecule has 0 aliphatic carbocycles. The van der Waals surface area contributed by atoms with Crippen LogP contribution in [-0.4, -0.2) is 16.0 Å². The molecule has 0 amide bonds. The average molecular weight is 391 g/mol. The molecule has 0 atom stereocenters. The van der Waals surface area contributed by atoms with Gasteiger partial charge in [0.1, 0.15) is 11.5 Å². The van der Waals surface area contributed by atoms with Crippen molar-refractivity contribution < 1.29 is 15.0 Å².